The number of benzene rings is 1. The molecule has 1 aromatic carbocycles. The predicted molar refractivity (Wildman–Crippen MR) is 77.4 cm³/mol. The van der Waals surface area contributed by atoms with Gasteiger partial charge in [0.2, 0.25) is 0 Å². The Labute approximate surface area is 117 Å². The van der Waals surface area contributed by atoms with E-state index < -0.39 is 0 Å². The maximum Gasteiger partial charge on any atom is 0.170 e. The van der Waals surface area contributed by atoms with Gasteiger partial charge in [0.15, 0.2) is 11.5 Å². The molecule has 2 aromatic heterocycles. The van der Waals surface area contributed by atoms with Crippen molar-refractivity contribution in [2.24, 2.45) is 5.73 Å². The van der Waals surface area contributed by atoms with Gasteiger partial charge >= 0.3 is 0 Å². The molecule has 0 aliphatic carbocycles. The fraction of sp³-hybridized carbons (Fsp3) is 0.188. The molecule has 0 unspecified atom stereocenters. The van der Waals surface area contributed by atoms with Gasteiger partial charge < -0.3 is 14.9 Å². The average Bonchev–Trinajstić information content (AvgIpc) is 2.83. The second kappa shape index (κ2) is 5.35. The van der Waals surface area contributed by atoms with Crippen LogP contribution in [0.1, 0.15) is 16.9 Å². The molecule has 0 atom stereocenters. The zero-order valence-electron chi connectivity index (χ0n) is 11.3. The molecule has 3 aromatic rings. The van der Waals surface area contributed by atoms with E-state index >= 15 is 0 Å². The highest BCUT2D eigenvalue weighted by Gasteiger charge is 2.14. The Hall–Kier alpha value is -2.33. The summed E-state index contributed by atoms with van der Waals surface area (Å²) in [5.74, 6) is 1.40. The number of rotatable bonds is 4. The summed E-state index contributed by atoms with van der Waals surface area (Å²) < 4.78 is 11.6. The summed E-state index contributed by atoms with van der Waals surface area (Å²) in [4.78, 5) is 4.16. The lowest BCUT2D eigenvalue weighted by Gasteiger charge is -2.06. The van der Waals surface area contributed by atoms with E-state index in [9.17, 15) is 0 Å². The first-order valence-electron chi connectivity index (χ1n) is 6.51. The predicted octanol–water partition coefficient (Wildman–Crippen LogP) is 3.17. The molecule has 0 aliphatic heterocycles. The van der Waals surface area contributed by atoms with Gasteiger partial charge in [-0.25, -0.2) is 0 Å². The summed E-state index contributed by atoms with van der Waals surface area (Å²) >= 11 is 0. The summed E-state index contributed by atoms with van der Waals surface area (Å²) in [5.41, 5.74) is 8.66. The fourth-order valence-corrected chi connectivity index (χ4v) is 2.22. The van der Waals surface area contributed by atoms with Crippen LogP contribution in [0.2, 0.25) is 0 Å². The zero-order valence-corrected chi connectivity index (χ0v) is 11.3. The molecule has 0 bridgehead atoms. The second-order valence-electron chi connectivity index (χ2n) is 4.71. The van der Waals surface area contributed by atoms with Crippen LogP contribution in [0.25, 0.3) is 11.0 Å². The molecule has 0 spiro atoms. The van der Waals surface area contributed by atoms with E-state index in [0.29, 0.717) is 18.9 Å². The van der Waals surface area contributed by atoms with Crippen LogP contribution in [0.15, 0.2) is 47.1 Å². The van der Waals surface area contributed by atoms with Gasteiger partial charge in [-0.2, -0.15) is 0 Å². The number of hydrogen-bond donors (Lipinski definition) is 1. The van der Waals surface area contributed by atoms with Crippen LogP contribution < -0.4 is 10.5 Å². The lowest BCUT2D eigenvalue weighted by atomic mass is 10.2. The van der Waals surface area contributed by atoms with E-state index in [1.54, 1.807) is 6.20 Å². The fourth-order valence-electron chi connectivity index (χ4n) is 2.22. The lowest BCUT2D eigenvalue weighted by molar-refractivity contribution is 0.298. The maximum absolute atomic E-state index is 5.91. The molecule has 4 nitrogen and oxygen atoms in total. The second-order valence-corrected chi connectivity index (χ2v) is 4.71. The molecule has 0 amide bonds. The molecular weight excluding hydrogens is 252 g/mol. The van der Waals surface area contributed by atoms with Crippen LogP contribution in [0.5, 0.6) is 5.75 Å². The van der Waals surface area contributed by atoms with Gasteiger partial charge in [-0.1, -0.05) is 12.1 Å². The van der Waals surface area contributed by atoms with Gasteiger partial charge in [0, 0.05) is 18.0 Å². The quantitative estimate of drug-likeness (QED) is 0.789. The van der Waals surface area contributed by atoms with Gasteiger partial charge in [-0.3, -0.25) is 4.98 Å². The van der Waals surface area contributed by atoms with E-state index in [1.807, 2.05) is 37.4 Å². The van der Waals surface area contributed by atoms with Crippen molar-refractivity contribution in [1.29, 1.82) is 0 Å². The monoisotopic (exact) mass is 268 g/mol. The van der Waals surface area contributed by atoms with Crippen molar-refractivity contribution in [3.05, 3.63) is 59.6 Å². The zero-order chi connectivity index (χ0) is 13.9. The number of hydrogen-bond acceptors (Lipinski definition) is 4. The number of pyridine rings is 1. The van der Waals surface area contributed by atoms with Crippen molar-refractivity contribution in [2.75, 3.05) is 0 Å². The largest absolute Gasteiger partial charge is 0.484 e. The van der Waals surface area contributed by atoms with Gasteiger partial charge in [0.05, 0.1) is 11.9 Å². The van der Waals surface area contributed by atoms with Crippen molar-refractivity contribution in [3.8, 4) is 5.75 Å². The Morgan fingerprint density at radius 1 is 1.25 bits per heavy atom. The molecule has 20 heavy (non-hydrogen) atoms. The smallest absolute Gasteiger partial charge is 0.170 e. The summed E-state index contributed by atoms with van der Waals surface area (Å²) in [6.45, 7) is 2.77. The third-order valence-electron chi connectivity index (χ3n) is 3.12. The van der Waals surface area contributed by atoms with Crippen LogP contribution in [0.3, 0.4) is 0 Å². The number of furan rings is 1. The highest BCUT2D eigenvalue weighted by atomic mass is 16.5. The van der Waals surface area contributed by atoms with Crippen molar-refractivity contribution in [3.63, 3.8) is 0 Å². The van der Waals surface area contributed by atoms with Crippen molar-refractivity contribution >= 4 is 11.0 Å². The molecule has 2 N–H and O–H groups in total. The summed E-state index contributed by atoms with van der Waals surface area (Å²) in [6, 6.07) is 9.83. The number of nitrogens with two attached hydrogens (primary N) is 1. The van der Waals surface area contributed by atoms with Crippen LogP contribution in [0.4, 0.5) is 0 Å². The number of nitrogens with zero attached hydrogens (tertiary/aromatic N) is 1. The molecule has 3 rings (SSSR count). The molecule has 2 heterocycles. The highest BCUT2D eigenvalue weighted by molar-refractivity contribution is 5.85. The van der Waals surface area contributed by atoms with Crippen molar-refractivity contribution < 1.29 is 9.15 Å². The van der Waals surface area contributed by atoms with Gasteiger partial charge in [0.25, 0.3) is 0 Å². The van der Waals surface area contributed by atoms with Crippen LogP contribution >= 0.6 is 0 Å². The number of aromatic nitrogens is 1. The van der Waals surface area contributed by atoms with E-state index in [-0.39, 0.29) is 0 Å². The summed E-state index contributed by atoms with van der Waals surface area (Å²) in [5, 5.41) is 0.952. The Morgan fingerprint density at radius 3 is 2.90 bits per heavy atom. The minimum atomic E-state index is 0.316. The first-order valence-corrected chi connectivity index (χ1v) is 6.51. The Balaban J connectivity index is 1.90. The SMILES string of the molecule is Cc1cncc(COc2c(CN)oc3ccccc23)c1. The minimum absolute atomic E-state index is 0.316. The maximum atomic E-state index is 5.91. The molecule has 102 valence electrons. The first-order chi connectivity index (χ1) is 9.78. The lowest BCUT2D eigenvalue weighted by Crippen LogP contribution is -2.01. The van der Waals surface area contributed by atoms with E-state index in [0.717, 1.165) is 27.8 Å². The van der Waals surface area contributed by atoms with Gasteiger partial charge in [-0.15, -0.1) is 0 Å². The van der Waals surface area contributed by atoms with Crippen LogP contribution in [0, 0.1) is 6.92 Å². The highest BCUT2D eigenvalue weighted by Crippen LogP contribution is 2.33. The van der Waals surface area contributed by atoms with Crippen LogP contribution in [-0.2, 0) is 13.2 Å². The molecule has 0 saturated carbocycles. The third-order valence-corrected chi connectivity index (χ3v) is 3.12. The Morgan fingerprint density at radius 2 is 2.10 bits per heavy atom. The molecule has 0 fully saturated rings. The molecule has 4 heteroatoms. The van der Waals surface area contributed by atoms with E-state index in [1.165, 1.54) is 0 Å². The number of para-hydroxylation sites is 1. The molecular formula is C16H16N2O2. The standard InChI is InChI=1S/C16H16N2O2/c1-11-6-12(9-18-8-11)10-19-16-13-4-2-3-5-14(13)20-15(16)7-17/h2-6,8-9H,7,10,17H2,1H3. The summed E-state index contributed by atoms with van der Waals surface area (Å²) in [6.07, 6.45) is 3.62. The minimum Gasteiger partial charge on any atom is -0.484 e. The van der Waals surface area contributed by atoms with Gasteiger partial charge in [-0.05, 0) is 30.7 Å². The summed E-state index contributed by atoms with van der Waals surface area (Å²) in [7, 11) is 0. The van der Waals surface area contributed by atoms with Crippen molar-refractivity contribution in [2.45, 2.75) is 20.1 Å². The van der Waals surface area contributed by atoms with Gasteiger partial charge in [0.1, 0.15) is 12.2 Å². The molecule has 0 aliphatic rings. The Kier molecular flexibility index (Phi) is 3.39. The number of ether oxygens (including phenoxy) is 1. The first kappa shape index (κ1) is 12.7. The Bertz CT molecular complexity index is 734. The van der Waals surface area contributed by atoms with E-state index in [4.69, 9.17) is 14.9 Å². The molecule has 0 radical (unpaired) electrons. The normalized spacial score (nSPS) is 10.9. The van der Waals surface area contributed by atoms with Crippen molar-refractivity contribution in [1.82, 2.24) is 4.98 Å². The topological polar surface area (TPSA) is 61.3 Å². The number of aryl methyl sites for hydroxylation is 1. The third kappa shape index (κ3) is 2.38. The van der Waals surface area contributed by atoms with E-state index in [2.05, 4.69) is 11.1 Å². The average molecular weight is 268 g/mol. The number of fused-ring (bicyclic) bond motifs is 1. The molecule has 0 saturated heterocycles. The van der Waals surface area contributed by atoms with Crippen LogP contribution in [-0.4, -0.2) is 4.98 Å².